The molecular weight excluding hydrogens is 311 g/mol. The van der Waals surface area contributed by atoms with Crippen molar-refractivity contribution in [1.29, 1.82) is 0 Å². The Balaban J connectivity index is 3.08. The van der Waals surface area contributed by atoms with Crippen molar-refractivity contribution in [1.82, 2.24) is 0 Å². The van der Waals surface area contributed by atoms with E-state index in [-0.39, 0.29) is 11.7 Å². The summed E-state index contributed by atoms with van der Waals surface area (Å²) < 4.78 is 19.0. The minimum absolute atomic E-state index is 0.182. The van der Waals surface area contributed by atoms with Crippen LogP contribution in [0.4, 0.5) is 4.39 Å². The van der Waals surface area contributed by atoms with E-state index in [1.54, 1.807) is 6.07 Å². The molecule has 1 rings (SSSR count). The van der Waals surface area contributed by atoms with Crippen LogP contribution in [0.15, 0.2) is 16.6 Å². The Bertz CT molecular complexity index is 403. The van der Waals surface area contributed by atoms with Crippen LogP contribution in [0.25, 0.3) is 0 Å². The van der Waals surface area contributed by atoms with Gasteiger partial charge >= 0.3 is 0 Å². The van der Waals surface area contributed by atoms with Crippen molar-refractivity contribution in [2.45, 2.75) is 45.6 Å². The number of hydrogen-bond acceptors (Lipinski definition) is 2. The fourth-order valence-corrected chi connectivity index (χ4v) is 2.77. The van der Waals surface area contributed by atoms with Gasteiger partial charge in [-0.3, -0.25) is 0 Å². The summed E-state index contributed by atoms with van der Waals surface area (Å²) in [5.74, 6) is 0.210. The van der Waals surface area contributed by atoms with E-state index in [0.29, 0.717) is 15.8 Å². The maximum absolute atomic E-state index is 13.5. The highest BCUT2D eigenvalue weighted by atomic mass is 79.9. The molecule has 4 heteroatoms. The zero-order valence-electron chi connectivity index (χ0n) is 11.7. The largest absolute Gasteiger partial charge is 0.496 e. The summed E-state index contributed by atoms with van der Waals surface area (Å²) in [6, 6.07) is 2.94. The standard InChI is InChI=1S/C15H22BrFO2/c1-4-6-10(7-5-2)15(18)11-8-12(16)13(17)9-14(11)19-3/h8-10,15,18H,4-7H2,1-3H3. The van der Waals surface area contributed by atoms with E-state index in [1.807, 2.05) is 0 Å². The van der Waals surface area contributed by atoms with Crippen LogP contribution in [0.3, 0.4) is 0 Å². The number of benzene rings is 1. The number of rotatable bonds is 7. The van der Waals surface area contributed by atoms with Crippen molar-refractivity contribution in [3.8, 4) is 5.75 Å². The van der Waals surface area contributed by atoms with Gasteiger partial charge in [0.1, 0.15) is 11.6 Å². The molecule has 0 aliphatic heterocycles. The van der Waals surface area contributed by atoms with Gasteiger partial charge in [0.2, 0.25) is 0 Å². The topological polar surface area (TPSA) is 29.5 Å². The fraction of sp³-hybridized carbons (Fsp3) is 0.600. The van der Waals surface area contributed by atoms with Gasteiger partial charge in [-0.15, -0.1) is 0 Å². The second-order valence-corrected chi connectivity index (χ2v) is 5.64. The molecule has 0 saturated carbocycles. The summed E-state index contributed by atoms with van der Waals surface area (Å²) in [5.41, 5.74) is 0.655. The monoisotopic (exact) mass is 332 g/mol. The zero-order valence-corrected chi connectivity index (χ0v) is 13.3. The number of ether oxygens (including phenoxy) is 1. The highest BCUT2D eigenvalue weighted by molar-refractivity contribution is 9.10. The van der Waals surface area contributed by atoms with Crippen molar-refractivity contribution >= 4 is 15.9 Å². The maximum atomic E-state index is 13.5. The minimum atomic E-state index is -0.619. The van der Waals surface area contributed by atoms with Gasteiger partial charge in [-0.25, -0.2) is 4.39 Å². The molecule has 0 spiro atoms. The molecule has 1 unspecified atom stereocenters. The predicted octanol–water partition coefficient (Wildman–Crippen LogP) is 4.85. The average Bonchev–Trinajstić information content (AvgIpc) is 2.40. The molecule has 108 valence electrons. The molecule has 0 fully saturated rings. The van der Waals surface area contributed by atoms with E-state index in [1.165, 1.54) is 13.2 Å². The Hall–Kier alpha value is -0.610. The minimum Gasteiger partial charge on any atom is -0.496 e. The first-order chi connectivity index (χ1) is 9.04. The molecule has 1 N–H and O–H groups in total. The molecule has 0 aliphatic carbocycles. The second-order valence-electron chi connectivity index (χ2n) is 4.79. The van der Waals surface area contributed by atoms with Crippen LogP contribution in [0.1, 0.15) is 51.2 Å². The Morgan fingerprint density at radius 3 is 2.32 bits per heavy atom. The lowest BCUT2D eigenvalue weighted by Crippen LogP contribution is -2.14. The molecule has 0 bridgehead atoms. The van der Waals surface area contributed by atoms with Crippen LogP contribution in [0.5, 0.6) is 5.75 Å². The third kappa shape index (κ3) is 4.18. The molecular formula is C15H22BrFO2. The first kappa shape index (κ1) is 16.4. The van der Waals surface area contributed by atoms with Crippen LogP contribution in [-0.2, 0) is 0 Å². The maximum Gasteiger partial charge on any atom is 0.141 e. The molecule has 0 saturated heterocycles. The molecule has 1 aromatic carbocycles. The van der Waals surface area contributed by atoms with Gasteiger partial charge < -0.3 is 9.84 Å². The number of aliphatic hydroxyl groups is 1. The smallest absolute Gasteiger partial charge is 0.141 e. The normalized spacial score (nSPS) is 12.8. The predicted molar refractivity (Wildman–Crippen MR) is 78.9 cm³/mol. The van der Waals surface area contributed by atoms with Crippen molar-refractivity contribution in [3.05, 3.63) is 28.0 Å². The SMILES string of the molecule is CCCC(CCC)C(O)c1cc(Br)c(F)cc1OC. The molecule has 0 amide bonds. The lowest BCUT2D eigenvalue weighted by molar-refractivity contribution is 0.0936. The van der Waals surface area contributed by atoms with Crippen LogP contribution in [0, 0.1) is 11.7 Å². The summed E-state index contributed by atoms with van der Waals surface area (Å²) >= 11 is 3.16. The number of aliphatic hydroxyl groups excluding tert-OH is 1. The third-order valence-electron chi connectivity index (χ3n) is 3.36. The second kappa shape index (κ2) is 7.85. The first-order valence-electron chi connectivity index (χ1n) is 6.76. The van der Waals surface area contributed by atoms with Crippen molar-refractivity contribution in [3.63, 3.8) is 0 Å². The van der Waals surface area contributed by atoms with Crippen LogP contribution < -0.4 is 4.74 Å². The Morgan fingerprint density at radius 2 is 1.84 bits per heavy atom. The first-order valence-corrected chi connectivity index (χ1v) is 7.55. The molecule has 1 atom stereocenters. The third-order valence-corrected chi connectivity index (χ3v) is 3.96. The van der Waals surface area contributed by atoms with Crippen LogP contribution >= 0.6 is 15.9 Å². The molecule has 2 nitrogen and oxygen atoms in total. The quantitative estimate of drug-likeness (QED) is 0.773. The van der Waals surface area contributed by atoms with E-state index in [0.717, 1.165) is 25.7 Å². The van der Waals surface area contributed by atoms with E-state index in [2.05, 4.69) is 29.8 Å². The van der Waals surface area contributed by atoms with E-state index < -0.39 is 6.10 Å². The lowest BCUT2D eigenvalue weighted by atomic mass is 9.88. The van der Waals surface area contributed by atoms with Gasteiger partial charge in [0.05, 0.1) is 17.7 Å². The summed E-state index contributed by atoms with van der Waals surface area (Å²) in [7, 11) is 1.49. The fourth-order valence-electron chi connectivity index (χ4n) is 2.41. The lowest BCUT2D eigenvalue weighted by Gasteiger charge is -2.24. The summed E-state index contributed by atoms with van der Waals surface area (Å²) in [6.45, 7) is 4.21. The molecule has 0 heterocycles. The summed E-state index contributed by atoms with van der Waals surface area (Å²) in [5, 5.41) is 10.5. The highest BCUT2D eigenvalue weighted by Gasteiger charge is 2.23. The van der Waals surface area contributed by atoms with Crippen LogP contribution in [-0.4, -0.2) is 12.2 Å². The molecule has 0 radical (unpaired) electrons. The van der Waals surface area contributed by atoms with Crippen LogP contribution in [0.2, 0.25) is 0 Å². The molecule has 1 aromatic rings. The van der Waals surface area contributed by atoms with E-state index in [9.17, 15) is 9.50 Å². The number of methoxy groups -OCH3 is 1. The van der Waals surface area contributed by atoms with Gasteiger partial charge in [0, 0.05) is 11.6 Å². The summed E-state index contributed by atoms with van der Waals surface area (Å²) in [6.07, 6.45) is 3.32. The van der Waals surface area contributed by atoms with E-state index in [4.69, 9.17) is 4.74 Å². The number of halogens is 2. The van der Waals surface area contributed by atoms with Crippen molar-refractivity contribution in [2.75, 3.05) is 7.11 Å². The Kier molecular flexibility index (Phi) is 6.80. The highest BCUT2D eigenvalue weighted by Crippen LogP contribution is 2.37. The molecule has 0 aliphatic rings. The molecule has 0 aromatic heterocycles. The Labute approximate surface area is 123 Å². The van der Waals surface area contributed by atoms with Gasteiger partial charge in [0.25, 0.3) is 0 Å². The van der Waals surface area contributed by atoms with E-state index >= 15 is 0 Å². The average molecular weight is 333 g/mol. The zero-order chi connectivity index (χ0) is 14.4. The van der Waals surface area contributed by atoms with Gasteiger partial charge in [0.15, 0.2) is 0 Å². The van der Waals surface area contributed by atoms with Gasteiger partial charge in [-0.2, -0.15) is 0 Å². The Morgan fingerprint density at radius 1 is 1.26 bits per heavy atom. The number of hydrogen-bond donors (Lipinski definition) is 1. The van der Waals surface area contributed by atoms with Crippen molar-refractivity contribution < 1.29 is 14.2 Å². The van der Waals surface area contributed by atoms with Crippen molar-refractivity contribution in [2.24, 2.45) is 5.92 Å². The van der Waals surface area contributed by atoms with Gasteiger partial charge in [-0.05, 0) is 40.8 Å². The molecule has 19 heavy (non-hydrogen) atoms. The summed E-state index contributed by atoms with van der Waals surface area (Å²) in [4.78, 5) is 0. The van der Waals surface area contributed by atoms with Gasteiger partial charge in [-0.1, -0.05) is 26.7 Å².